The molecule has 0 saturated carbocycles. The van der Waals surface area contributed by atoms with Gasteiger partial charge in [0.25, 0.3) is 0 Å². The average molecular weight is 293 g/mol. The van der Waals surface area contributed by atoms with E-state index in [1.165, 1.54) is 11.8 Å². The highest BCUT2D eigenvalue weighted by Crippen LogP contribution is 2.33. The van der Waals surface area contributed by atoms with Crippen LogP contribution in [0.25, 0.3) is 0 Å². The van der Waals surface area contributed by atoms with Gasteiger partial charge in [-0.05, 0) is 24.1 Å². The highest BCUT2D eigenvalue weighted by atomic mass is 32.2. The van der Waals surface area contributed by atoms with Crippen LogP contribution < -0.4 is 16.4 Å². The molecule has 108 valence electrons. The first-order valence-electron chi connectivity index (χ1n) is 6.64. The number of nitrogens with one attached hydrogen (secondary N) is 2. The van der Waals surface area contributed by atoms with Gasteiger partial charge in [-0.3, -0.25) is 9.59 Å². The van der Waals surface area contributed by atoms with E-state index >= 15 is 0 Å². The molecule has 0 saturated heterocycles. The molecule has 2 rings (SSSR count). The predicted octanol–water partition coefficient (Wildman–Crippen LogP) is 2.04. The van der Waals surface area contributed by atoms with Crippen LogP contribution in [0.2, 0.25) is 0 Å². The van der Waals surface area contributed by atoms with Crippen molar-refractivity contribution in [3.63, 3.8) is 0 Å². The Morgan fingerprint density at radius 2 is 2.30 bits per heavy atom. The quantitative estimate of drug-likeness (QED) is 0.793. The molecule has 0 unspecified atom stereocenters. The van der Waals surface area contributed by atoms with E-state index in [0.717, 1.165) is 17.0 Å². The van der Waals surface area contributed by atoms with Gasteiger partial charge in [0, 0.05) is 10.6 Å². The van der Waals surface area contributed by atoms with Crippen molar-refractivity contribution < 1.29 is 9.59 Å². The number of carbonyl (C=O) groups excluding carboxylic acids is 2. The monoisotopic (exact) mass is 293 g/mol. The molecule has 0 aliphatic carbocycles. The highest BCUT2D eigenvalue weighted by Gasteiger charge is 2.20. The van der Waals surface area contributed by atoms with Crippen molar-refractivity contribution >= 4 is 35.0 Å². The Morgan fingerprint density at radius 3 is 3.00 bits per heavy atom. The van der Waals surface area contributed by atoms with E-state index in [9.17, 15) is 9.59 Å². The number of amides is 2. The standard InChI is InChI=1S/C14H19N3O2S/c1-3-8(2)13(15)14(19)16-9-4-5-11-10(6-9)17-12(18)7-20-11/h4-6,8,13H,3,7,15H2,1-2H3,(H,16,19)(H,17,18)/t8-,13-/m0/s1. The fraction of sp³-hybridized carbons (Fsp3) is 0.429. The zero-order chi connectivity index (χ0) is 14.7. The van der Waals surface area contributed by atoms with Gasteiger partial charge in [0.1, 0.15) is 0 Å². The first-order valence-corrected chi connectivity index (χ1v) is 7.63. The lowest BCUT2D eigenvalue weighted by Crippen LogP contribution is -2.40. The maximum Gasteiger partial charge on any atom is 0.241 e. The Morgan fingerprint density at radius 1 is 1.55 bits per heavy atom. The molecule has 4 N–H and O–H groups in total. The molecule has 5 nitrogen and oxygen atoms in total. The molecule has 0 fully saturated rings. The average Bonchev–Trinajstić information content (AvgIpc) is 2.45. The van der Waals surface area contributed by atoms with Gasteiger partial charge in [-0.2, -0.15) is 0 Å². The predicted molar refractivity (Wildman–Crippen MR) is 81.9 cm³/mol. The van der Waals surface area contributed by atoms with Crippen LogP contribution in [0.3, 0.4) is 0 Å². The molecule has 0 aromatic heterocycles. The van der Waals surface area contributed by atoms with Crippen LogP contribution in [0.15, 0.2) is 23.1 Å². The summed E-state index contributed by atoms with van der Waals surface area (Å²) in [5.41, 5.74) is 7.28. The summed E-state index contributed by atoms with van der Waals surface area (Å²) < 4.78 is 0. The first-order chi connectivity index (χ1) is 9.51. The SMILES string of the molecule is CC[C@H](C)[C@H](N)C(=O)Nc1ccc2c(c1)NC(=O)CS2. The Kier molecular flexibility index (Phi) is 4.67. The number of rotatable bonds is 4. The zero-order valence-electron chi connectivity index (χ0n) is 11.6. The van der Waals surface area contributed by atoms with E-state index in [1.807, 2.05) is 26.0 Å². The number of fused-ring (bicyclic) bond motifs is 1. The lowest BCUT2D eigenvalue weighted by atomic mass is 9.99. The highest BCUT2D eigenvalue weighted by molar-refractivity contribution is 8.00. The van der Waals surface area contributed by atoms with Crippen LogP contribution in [-0.4, -0.2) is 23.6 Å². The fourth-order valence-electron chi connectivity index (χ4n) is 1.90. The third-order valence-electron chi connectivity index (χ3n) is 3.44. The van der Waals surface area contributed by atoms with Crippen molar-refractivity contribution in [2.45, 2.75) is 31.2 Å². The van der Waals surface area contributed by atoms with Crippen molar-refractivity contribution in [3.05, 3.63) is 18.2 Å². The van der Waals surface area contributed by atoms with E-state index in [-0.39, 0.29) is 17.7 Å². The minimum atomic E-state index is -0.528. The van der Waals surface area contributed by atoms with Crippen LogP contribution >= 0.6 is 11.8 Å². The Bertz CT molecular complexity index is 533. The molecule has 1 heterocycles. The van der Waals surface area contributed by atoms with Crippen molar-refractivity contribution in [2.75, 3.05) is 16.4 Å². The molecule has 2 amide bonds. The minimum absolute atomic E-state index is 0.0257. The molecule has 6 heteroatoms. The third kappa shape index (κ3) is 3.32. The molecule has 1 aromatic rings. The van der Waals surface area contributed by atoms with Gasteiger partial charge in [0.15, 0.2) is 0 Å². The maximum absolute atomic E-state index is 12.0. The van der Waals surface area contributed by atoms with Gasteiger partial charge >= 0.3 is 0 Å². The molecular weight excluding hydrogens is 274 g/mol. The van der Waals surface area contributed by atoms with Crippen LogP contribution in [-0.2, 0) is 9.59 Å². The van der Waals surface area contributed by atoms with Crippen LogP contribution in [0.4, 0.5) is 11.4 Å². The number of hydrogen-bond donors (Lipinski definition) is 3. The topological polar surface area (TPSA) is 84.2 Å². The molecule has 0 radical (unpaired) electrons. The summed E-state index contributed by atoms with van der Waals surface area (Å²) in [5, 5.41) is 5.59. The fourth-order valence-corrected chi connectivity index (χ4v) is 2.69. The Balaban J connectivity index is 2.09. The number of nitrogens with two attached hydrogens (primary N) is 1. The second-order valence-corrected chi connectivity index (χ2v) is 5.97. The lowest BCUT2D eigenvalue weighted by molar-refractivity contribution is -0.118. The van der Waals surface area contributed by atoms with E-state index < -0.39 is 6.04 Å². The van der Waals surface area contributed by atoms with Crippen molar-refractivity contribution in [1.29, 1.82) is 0 Å². The zero-order valence-corrected chi connectivity index (χ0v) is 12.4. The van der Waals surface area contributed by atoms with Crippen LogP contribution in [0, 0.1) is 5.92 Å². The number of hydrogen-bond acceptors (Lipinski definition) is 4. The number of carbonyl (C=O) groups is 2. The summed E-state index contributed by atoms with van der Waals surface area (Å²) in [6, 6.07) is 4.95. The van der Waals surface area contributed by atoms with Crippen molar-refractivity contribution in [1.82, 2.24) is 0 Å². The molecule has 0 spiro atoms. The van der Waals surface area contributed by atoms with E-state index in [4.69, 9.17) is 5.73 Å². The Labute approximate surface area is 122 Å². The van der Waals surface area contributed by atoms with Gasteiger partial charge in [-0.15, -0.1) is 11.8 Å². The lowest BCUT2D eigenvalue weighted by Gasteiger charge is -2.20. The van der Waals surface area contributed by atoms with Gasteiger partial charge < -0.3 is 16.4 Å². The van der Waals surface area contributed by atoms with Crippen LogP contribution in [0.1, 0.15) is 20.3 Å². The number of benzene rings is 1. The molecule has 2 atom stereocenters. The minimum Gasteiger partial charge on any atom is -0.325 e. The normalized spacial score (nSPS) is 16.9. The van der Waals surface area contributed by atoms with E-state index in [0.29, 0.717) is 11.4 Å². The van der Waals surface area contributed by atoms with Crippen LogP contribution in [0.5, 0.6) is 0 Å². The summed E-state index contributed by atoms with van der Waals surface area (Å²) >= 11 is 1.49. The maximum atomic E-state index is 12.0. The number of thioether (sulfide) groups is 1. The largest absolute Gasteiger partial charge is 0.325 e. The molecule has 0 bridgehead atoms. The van der Waals surface area contributed by atoms with Gasteiger partial charge in [-0.25, -0.2) is 0 Å². The van der Waals surface area contributed by atoms with Gasteiger partial charge in [-0.1, -0.05) is 20.3 Å². The third-order valence-corrected chi connectivity index (χ3v) is 4.51. The molecular formula is C14H19N3O2S. The first kappa shape index (κ1) is 14.9. The second kappa shape index (κ2) is 6.28. The molecule has 1 aromatic carbocycles. The molecule has 1 aliphatic rings. The summed E-state index contributed by atoms with van der Waals surface area (Å²) in [6.45, 7) is 3.96. The van der Waals surface area contributed by atoms with E-state index in [2.05, 4.69) is 10.6 Å². The number of anilines is 2. The molecule has 20 heavy (non-hydrogen) atoms. The summed E-state index contributed by atoms with van der Waals surface area (Å²) in [5.74, 6) is 0.330. The van der Waals surface area contributed by atoms with Crippen molar-refractivity contribution in [2.24, 2.45) is 11.7 Å². The smallest absolute Gasteiger partial charge is 0.241 e. The van der Waals surface area contributed by atoms with Gasteiger partial charge in [0.05, 0.1) is 17.5 Å². The molecule has 1 aliphatic heterocycles. The second-order valence-electron chi connectivity index (χ2n) is 4.95. The Hall–Kier alpha value is -1.53. The van der Waals surface area contributed by atoms with E-state index in [1.54, 1.807) is 6.07 Å². The van der Waals surface area contributed by atoms with Crippen molar-refractivity contribution in [3.8, 4) is 0 Å². The summed E-state index contributed by atoms with van der Waals surface area (Å²) in [7, 11) is 0. The van der Waals surface area contributed by atoms with Gasteiger partial charge in [0.2, 0.25) is 11.8 Å². The summed E-state index contributed by atoms with van der Waals surface area (Å²) in [4.78, 5) is 24.4. The summed E-state index contributed by atoms with van der Waals surface area (Å²) in [6.07, 6.45) is 0.853.